The summed E-state index contributed by atoms with van der Waals surface area (Å²) >= 11 is 0. The van der Waals surface area contributed by atoms with Gasteiger partial charge in [0.25, 0.3) is 11.8 Å². The van der Waals surface area contributed by atoms with Crippen molar-refractivity contribution in [3.05, 3.63) is 167 Å². The Morgan fingerprint density at radius 1 is 0.586 bits per heavy atom. The van der Waals surface area contributed by atoms with Gasteiger partial charge in [-0.1, -0.05) is 103 Å². The summed E-state index contributed by atoms with van der Waals surface area (Å²) in [4.78, 5) is 71.0. The molecule has 0 N–H and O–H groups in total. The van der Waals surface area contributed by atoms with Gasteiger partial charge in [0.1, 0.15) is 54.6 Å². The predicted molar refractivity (Wildman–Crippen MR) is 246 cm³/mol. The van der Waals surface area contributed by atoms with Crippen molar-refractivity contribution in [2.24, 2.45) is 0 Å². The summed E-state index contributed by atoms with van der Waals surface area (Å²) in [6.45, 7) is 1.99. The monoisotopic (exact) mass is 956 g/mol. The van der Waals surface area contributed by atoms with Crippen LogP contribution < -0.4 is 9.47 Å². The number of rotatable bonds is 18. The van der Waals surface area contributed by atoms with Crippen LogP contribution in [0.4, 0.5) is 4.79 Å². The molecule has 70 heavy (non-hydrogen) atoms. The van der Waals surface area contributed by atoms with Gasteiger partial charge in [0.2, 0.25) is 6.29 Å². The zero-order valence-corrected chi connectivity index (χ0v) is 38.6. The number of imide groups is 1. The minimum atomic E-state index is -1.46. The number of esters is 2. The molecule has 4 aliphatic heterocycles. The fraction of sp³-hybridized carbons (Fsp3) is 0.340. The molecule has 3 amide bonds. The molecule has 3 saturated heterocycles. The maximum Gasteiger partial charge on any atom is 0.411 e. The highest BCUT2D eigenvalue weighted by atomic mass is 16.7. The fourth-order valence-electron chi connectivity index (χ4n) is 9.19. The maximum absolute atomic E-state index is 14.7. The van der Waals surface area contributed by atoms with Crippen molar-refractivity contribution >= 4 is 29.8 Å². The predicted octanol–water partition coefficient (Wildman–Crippen LogP) is 6.26. The number of nitrogens with zero attached hydrogens (tertiary/aromatic N) is 2. The topological polar surface area (TPSA) is 184 Å². The lowest BCUT2D eigenvalue weighted by atomic mass is 9.93. The van der Waals surface area contributed by atoms with Crippen LogP contribution in [0.5, 0.6) is 11.5 Å². The molecule has 0 aliphatic carbocycles. The minimum Gasteiger partial charge on any atom is -0.497 e. The fourth-order valence-corrected chi connectivity index (χ4v) is 9.19. The van der Waals surface area contributed by atoms with Crippen LogP contribution in [-0.4, -0.2) is 121 Å². The van der Waals surface area contributed by atoms with Gasteiger partial charge in [-0.3, -0.25) is 29.0 Å². The summed E-state index contributed by atoms with van der Waals surface area (Å²) in [5, 5.41) is 0. The number of hydrogen-bond acceptors (Lipinski definition) is 15. The lowest BCUT2D eigenvalue weighted by molar-refractivity contribution is -0.335. The molecule has 3 fully saturated rings. The van der Waals surface area contributed by atoms with E-state index in [1.165, 1.54) is 25.9 Å². The molecule has 17 heteroatoms. The summed E-state index contributed by atoms with van der Waals surface area (Å²) in [7, 11) is 1.54. The first kappa shape index (κ1) is 47.9. The number of carbonyl (C=O) groups is 5. The molecular weight excluding hydrogens is 905 g/mol. The van der Waals surface area contributed by atoms with Gasteiger partial charge in [0.15, 0.2) is 18.5 Å². The number of methoxy groups -OCH3 is 1. The molecule has 4 heterocycles. The van der Waals surface area contributed by atoms with E-state index in [9.17, 15) is 24.0 Å². The zero-order chi connectivity index (χ0) is 48.7. The van der Waals surface area contributed by atoms with Gasteiger partial charge in [-0.05, 0) is 53.1 Å². The highest BCUT2D eigenvalue weighted by Gasteiger charge is 2.62. The van der Waals surface area contributed by atoms with Gasteiger partial charge < -0.3 is 47.4 Å². The maximum atomic E-state index is 14.7. The van der Waals surface area contributed by atoms with Crippen LogP contribution in [0.1, 0.15) is 51.3 Å². The SMILES string of the molecule is COc1ccc(O[C@@H]2O[C@H](COCc3ccccc3)[C@@H](O[C@H]3O[C@H](COC(C)=O)[C@@H](OC(C)=O)[C@@H]4OC(=O)N(Cc5ccccc5)[C@@H]34)[C@H](OCc3ccccc3)[C@H]2N2C(=O)c3ccccc3C2=O)cc1. The normalized spacial score (nSPS) is 26.0. The molecule has 0 unspecified atom stereocenters. The molecule has 0 bridgehead atoms. The molecule has 4 aliphatic rings. The quantitative estimate of drug-likeness (QED) is 0.0544. The third-order valence-corrected chi connectivity index (χ3v) is 12.4. The van der Waals surface area contributed by atoms with Gasteiger partial charge in [0, 0.05) is 20.4 Å². The van der Waals surface area contributed by atoms with Crippen molar-refractivity contribution < 1.29 is 71.3 Å². The van der Waals surface area contributed by atoms with E-state index in [2.05, 4.69) is 0 Å². The zero-order valence-electron chi connectivity index (χ0n) is 38.6. The molecule has 10 atom stereocenters. The first-order valence-corrected chi connectivity index (χ1v) is 22.9. The van der Waals surface area contributed by atoms with E-state index in [0.717, 1.165) is 21.6 Å². The Kier molecular flexibility index (Phi) is 14.8. The molecule has 0 spiro atoms. The van der Waals surface area contributed by atoms with Gasteiger partial charge in [0.05, 0.1) is 38.1 Å². The molecule has 5 aromatic carbocycles. The van der Waals surface area contributed by atoms with E-state index < -0.39 is 97.7 Å². The Balaban J connectivity index is 1.17. The van der Waals surface area contributed by atoms with E-state index in [-0.39, 0.29) is 37.5 Å². The van der Waals surface area contributed by atoms with Gasteiger partial charge >= 0.3 is 18.0 Å². The number of ether oxygens (including phenoxy) is 10. The minimum absolute atomic E-state index is 0.0274. The highest BCUT2D eigenvalue weighted by molar-refractivity contribution is 6.21. The molecule has 0 aromatic heterocycles. The van der Waals surface area contributed by atoms with Crippen molar-refractivity contribution in [2.75, 3.05) is 20.3 Å². The number of benzene rings is 5. The van der Waals surface area contributed by atoms with Crippen molar-refractivity contribution in [1.29, 1.82) is 0 Å². The Morgan fingerprint density at radius 2 is 1.14 bits per heavy atom. The van der Waals surface area contributed by atoms with Gasteiger partial charge in [-0.2, -0.15) is 0 Å². The Labute approximate surface area is 403 Å². The first-order chi connectivity index (χ1) is 34.1. The van der Waals surface area contributed by atoms with Crippen LogP contribution in [0.2, 0.25) is 0 Å². The van der Waals surface area contributed by atoms with Crippen LogP contribution in [0.15, 0.2) is 140 Å². The van der Waals surface area contributed by atoms with E-state index in [4.69, 9.17) is 47.4 Å². The smallest absolute Gasteiger partial charge is 0.411 e. The lowest BCUT2D eigenvalue weighted by Gasteiger charge is -2.50. The van der Waals surface area contributed by atoms with Crippen LogP contribution in [0, 0.1) is 0 Å². The van der Waals surface area contributed by atoms with Crippen molar-refractivity contribution in [2.45, 2.75) is 94.9 Å². The molecule has 5 aromatic rings. The standard InChI is InChI=1S/C53H52N2O15/c1-32(56)63-31-42-46(65-33(2)57)48-43(54(53(60)70-48)27-34-15-7-4-8-16-34)51(68-42)69-45-41(30-62-28-35-17-9-5-10-18-35)67-52(66-38-25-23-37(61-3)24-26-38)44(47(45)64-29-36-19-11-6-12-20-36)55-49(58)39-21-13-14-22-40(39)50(55)59/h4-26,41-48,51-52H,27-31H2,1-3H3/t41-,42-,43-,44-,45-,46-,47-,48-,51-,52-/m1/s1. The second-order valence-corrected chi connectivity index (χ2v) is 17.1. The van der Waals surface area contributed by atoms with E-state index in [0.29, 0.717) is 11.5 Å². The van der Waals surface area contributed by atoms with Crippen molar-refractivity contribution in [3.63, 3.8) is 0 Å². The number of hydrogen-bond donors (Lipinski definition) is 0. The van der Waals surface area contributed by atoms with E-state index in [1.807, 2.05) is 91.0 Å². The average molecular weight is 957 g/mol. The van der Waals surface area contributed by atoms with E-state index >= 15 is 0 Å². The molecule has 9 rings (SSSR count). The second-order valence-electron chi connectivity index (χ2n) is 17.1. The Hall–Kier alpha value is -7.15. The van der Waals surface area contributed by atoms with Crippen LogP contribution in [0.25, 0.3) is 0 Å². The first-order valence-electron chi connectivity index (χ1n) is 22.9. The van der Waals surface area contributed by atoms with Crippen molar-refractivity contribution in [1.82, 2.24) is 9.80 Å². The number of carbonyl (C=O) groups excluding carboxylic acids is 5. The summed E-state index contributed by atoms with van der Waals surface area (Å²) in [5.74, 6) is -1.70. The Morgan fingerprint density at radius 3 is 1.74 bits per heavy atom. The largest absolute Gasteiger partial charge is 0.497 e. The van der Waals surface area contributed by atoms with Crippen LogP contribution in [0.3, 0.4) is 0 Å². The Bertz CT molecular complexity index is 2590. The molecule has 17 nitrogen and oxygen atoms in total. The summed E-state index contributed by atoms with van der Waals surface area (Å²) < 4.78 is 63.6. The summed E-state index contributed by atoms with van der Waals surface area (Å²) in [5.41, 5.74) is 2.70. The number of amides is 3. The molecule has 0 saturated carbocycles. The second kappa shape index (κ2) is 21.6. The molecular formula is C53H52N2O15. The van der Waals surface area contributed by atoms with Gasteiger partial charge in [-0.25, -0.2) is 4.79 Å². The van der Waals surface area contributed by atoms with Gasteiger partial charge in [-0.15, -0.1) is 0 Å². The third kappa shape index (κ3) is 10.5. The van der Waals surface area contributed by atoms with Crippen LogP contribution in [-0.2, 0) is 67.2 Å². The third-order valence-electron chi connectivity index (χ3n) is 12.4. The molecule has 364 valence electrons. The summed E-state index contributed by atoms with van der Waals surface area (Å²) in [6, 6.07) is 38.7. The highest BCUT2D eigenvalue weighted by Crippen LogP contribution is 2.41. The van der Waals surface area contributed by atoms with E-state index in [1.54, 1.807) is 48.5 Å². The van der Waals surface area contributed by atoms with Crippen LogP contribution >= 0.6 is 0 Å². The summed E-state index contributed by atoms with van der Waals surface area (Å²) in [6.07, 6.45) is -11.0. The van der Waals surface area contributed by atoms with Crippen molar-refractivity contribution in [3.8, 4) is 11.5 Å². The lowest BCUT2D eigenvalue weighted by Crippen LogP contribution is -2.70. The number of fused-ring (bicyclic) bond motifs is 2. The molecule has 0 radical (unpaired) electrons. The average Bonchev–Trinajstić information content (AvgIpc) is 3.83.